The van der Waals surface area contributed by atoms with Gasteiger partial charge in [0.05, 0.1) is 23.5 Å². The molecule has 0 atom stereocenters. The zero-order valence-electron chi connectivity index (χ0n) is 15.4. The summed E-state index contributed by atoms with van der Waals surface area (Å²) in [7, 11) is 0. The molecule has 0 saturated carbocycles. The fraction of sp³-hybridized carbons (Fsp3) is 0.400. The lowest BCUT2D eigenvalue weighted by molar-refractivity contribution is -0.108. The molecule has 146 valence electrons. The molecular formula is C20H21ClN4O3. The molecule has 1 saturated heterocycles. The summed E-state index contributed by atoms with van der Waals surface area (Å²) in [6.07, 6.45) is 4.86. The van der Waals surface area contributed by atoms with Crippen molar-refractivity contribution < 1.29 is 14.3 Å². The number of benzene rings is 1. The number of fused-ring (bicyclic) bond motifs is 1. The van der Waals surface area contributed by atoms with E-state index in [0.29, 0.717) is 28.8 Å². The first-order valence-electron chi connectivity index (χ1n) is 9.38. The van der Waals surface area contributed by atoms with Crippen LogP contribution in [0.3, 0.4) is 0 Å². The molecule has 0 unspecified atom stereocenters. The number of hydrogen-bond acceptors (Lipinski definition) is 6. The number of aldehydes is 1. The van der Waals surface area contributed by atoms with Crippen molar-refractivity contribution in [2.45, 2.75) is 25.3 Å². The highest BCUT2D eigenvalue weighted by atomic mass is 35.5. The van der Waals surface area contributed by atoms with E-state index < -0.39 is 0 Å². The number of carbonyl (C=O) groups is 2. The molecule has 0 spiro atoms. The van der Waals surface area contributed by atoms with Crippen LogP contribution in [-0.4, -0.2) is 59.4 Å². The Morgan fingerprint density at radius 1 is 1.32 bits per heavy atom. The number of amides is 1. The lowest BCUT2D eigenvalue weighted by Crippen LogP contribution is -2.38. The molecule has 8 heteroatoms. The third-order valence-corrected chi connectivity index (χ3v) is 5.42. The van der Waals surface area contributed by atoms with E-state index in [-0.39, 0.29) is 18.5 Å². The predicted octanol–water partition coefficient (Wildman–Crippen LogP) is 2.59. The summed E-state index contributed by atoms with van der Waals surface area (Å²) in [5, 5.41) is 3.76. The van der Waals surface area contributed by atoms with Gasteiger partial charge in [0.25, 0.3) is 5.91 Å². The van der Waals surface area contributed by atoms with Crippen molar-refractivity contribution in [1.29, 1.82) is 0 Å². The highest BCUT2D eigenvalue weighted by molar-refractivity contribution is 6.33. The molecular weight excluding hydrogens is 380 g/mol. The molecule has 1 aromatic heterocycles. The highest BCUT2D eigenvalue weighted by Crippen LogP contribution is 2.30. The Labute approximate surface area is 168 Å². The summed E-state index contributed by atoms with van der Waals surface area (Å²) in [6, 6.07) is 5.93. The normalized spacial score (nSPS) is 17.3. The van der Waals surface area contributed by atoms with Crippen molar-refractivity contribution in [3.05, 3.63) is 40.5 Å². The van der Waals surface area contributed by atoms with Crippen molar-refractivity contribution in [3.8, 4) is 11.3 Å². The number of nitrogens with zero attached hydrogens (tertiary/aromatic N) is 3. The van der Waals surface area contributed by atoms with Crippen LogP contribution in [-0.2, 0) is 16.0 Å². The number of nitrogens with one attached hydrogen (secondary N) is 1. The number of aromatic nitrogens is 2. The summed E-state index contributed by atoms with van der Waals surface area (Å²) >= 11 is 6.36. The molecule has 2 aliphatic rings. The first-order chi connectivity index (χ1) is 13.7. The minimum Gasteiger partial charge on any atom is -0.381 e. The van der Waals surface area contributed by atoms with Crippen LogP contribution in [0.4, 0.5) is 5.95 Å². The quantitative estimate of drug-likeness (QED) is 0.776. The van der Waals surface area contributed by atoms with Gasteiger partial charge in [-0.2, -0.15) is 0 Å². The second kappa shape index (κ2) is 8.24. The van der Waals surface area contributed by atoms with Crippen LogP contribution in [0.15, 0.2) is 24.4 Å². The lowest BCUT2D eigenvalue weighted by Gasteiger charge is -2.27. The number of ether oxygens (including phenoxy) is 1. The second-order valence-electron chi connectivity index (χ2n) is 6.96. The van der Waals surface area contributed by atoms with Gasteiger partial charge in [0.15, 0.2) is 0 Å². The number of carbonyl (C=O) groups excluding carboxylic acids is 2. The molecule has 7 nitrogen and oxygen atoms in total. The Morgan fingerprint density at radius 3 is 2.93 bits per heavy atom. The average Bonchev–Trinajstić information content (AvgIpc) is 2.72. The van der Waals surface area contributed by atoms with Crippen molar-refractivity contribution in [2.24, 2.45) is 0 Å². The molecule has 2 aromatic rings. The maximum atomic E-state index is 12.7. The Kier molecular flexibility index (Phi) is 5.54. The summed E-state index contributed by atoms with van der Waals surface area (Å²) in [5.74, 6) is 0.374. The molecule has 0 aliphatic carbocycles. The fourth-order valence-corrected chi connectivity index (χ4v) is 3.80. The van der Waals surface area contributed by atoms with Crippen molar-refractivity contribution in [3.63, 3.8) is 0 Å². The van der Waals surface area contributed by atoms with Crippen molar-refractivity contribution in [1.82, 2.24) is 14.9 Å². The van der Waals surface area contributed by atoms with Crippen molar-refractivity contribution in [2.75, 3.05) is 31.6 Å². The van der Waals surface area contributed by atoms with Gasteiger partial charge in [-0.05, 0) is 30.9 Å². The molecule has 1 aromatic carbocycles. The van der Waals surface area contributed by atoms with Gasteiger partial charge in [0.2, 0.25) is 5.95 Å². The monoisotopic (exact) mass is 400 g/mol. The smallest absolute Gasteiger partial charge is 0.254 e. The van der Waals surface area contributed by atoms with E-state index in [1.54, 1.807) is 17.2 Å². The number of rotatable bonds is 5. The van der Waals surface area contributed by atoms with Crippen LogP contribution in [0, 0.1) is 0 Å². The molecule has 4 rings (SSSR count). The van der Waals surface area contributed by atoms with Gasteiger partial charge in [-0.3, -0.25) is 4.79 Å². The largest absolute Gasteiger partial charge is 0.381 e. The first-order valence-corrected chi connectivity index (χ1v) is 9.76. The van der Waals surface area contributed by atoms with Gasteiger partial charge in [-0.15, -0.1) is 0 Å². The van der Waals surface area contributed by atoms with Crippen molar-refractivity contribution >= 4 is 29.7 Å². The van der Waals surface area contributed by atoms with E-state index >= 15 is 0 Å². The molecule has 1 N–H and O–H groups in total. The van der Waals surface area contributed by atoms with E-state index in [9.17, 15) is 9.59 Å². The fourth-order valence-electron chi connectivity index (χ4n) is 3.60. The second-order valence-corrected chi connectivity index (χ2v) is 7.37. The Bertz CT molecular complexity index is 899. The Balaban J connectivity index is 1.63. The highest BCUT2D eigenvalue weighted by Gasteiger charge is 2.25. The molecule has 1 amide bonds. The minimum atomic E-state index is -0.138. The first kappa shape index (κ1) is 18.8. The van der Waals surface area contributed by atoms with Crippen LogP contribution in [0.1, 0.15) is 28.8 Å². The van der Waals surface area contributed by atoms with E-state index in [0.717, 1.165) is 49.9 Å². The van der Waals surface area contributed by atoms with Gasteiger partial charge in [-0.25, -0.2) is 9.97 Å². The Hall–Kier alpha value is -2.51. The van der Waals surface area contributed by atoms with Gasteiger partial charge < -0.3 is 19.7 Å². The molecule has 3 heterocycles. The third-order valence-electron chi connectivity index (χ3n) is 5.15. The van der Waals surface area contributed by atoms with Gasteiger partial charge in [-0.1, -0.05) is 23.7 Å². The van der Waals surface area contributed by atoms with Crippen LogP contribution in [0.25, 0.3) is 11.3 Å². The van der Waals surface area contributed by atoms with E-state index in [2.05, 4.69) is 15.3 Å². The van der Waals surface area contributed by atoms with Gasteiger partial charge >= 0.3 is 0 Å². The van der Waals surface area contributed by atoms with Crippen LogP contribution < -0.4 is 5.32 Å². The minimum absolute atomic E-state index is 0.107. The summed E-state index contributed by atoms with van der Waals surface area (Å²) < 4.78 is 5.38. The van der Waals surface area contributed by atoms with E-state index in [4.69, 9.17) is 16.3 Å². The average molecular weight is 401 g/mol. The maximum Gasteiger partial charge on any atom is 0.254 e. The summed E-state index contributed by atoms with van der Waals surface area (Å²) in [6.45, 7) is 2.11. The van der Waals surface area contributed by atoms with E-state index in [1.807, 2.05) is 12.1 Å². The SMILES string of the molecule is O=CCN1CCc2ccc(-c3nc(NC4CCOCC4)ncc3Cl)cc2C1=O. The zero-order chi connectivity index (χ0) is 19.5. The van der Waals surface area contributed by atoms with E-state index in [1.165, 1.54) is 0 Å². The Morgan fingerprint density at radius 2 is 2.14 bits per heavy atom. The molecule has 28 heavy (non-hydrogen) atoms. The standard InChI is InChI=1S/C20H21ClN4O3/c21-17-12-22-20(23-15-4-9-28-10-5-15)24-18(17)14-2-1-13-3-6-25(7-8-26)19(27)16(13)11-14/h1-2,8,11-12,15H,3-7,9-10H2,(H,22,23,24). The number of halogens is 1. The topological polar surface area (TPSA) is 84.4 Å². The third kappa shape index (κ3) is 3.86. The lowest BCUT2D eigenvalue weighted by atomic mass is 9.95. The maximum absolute atomic E-state index is 12.7. The number of anilines is 1. The molecule has 2 aliphatic heterocycles. The number of hydrogen-bond donors (Lipinski definition) is 1. The van der Waals surface area contributed by atoms with Gasteiger partial charge in [0, 0.05) is 36.9 Å². The van der Waals surface area contributed by atoms with Gasteiger partial charge in [0.1, 0.15) is 6.29 Å². The van der Waals surface area contributed by atoms with Crippen LogP contribution >= 0.6 is 11.6 Å². The summed E-state index contributed by atoms with van der Waals surface area (Å²) in [4.78, 5) is 33.9. The summed E-state index contributed by atoms with van der Waals surface area (Å²) in [5.41, 5.74) is 2.90. The molecule has 1 fully saturated rings. The van der Waals surface area contributed by atoms with Crippen LogP contribution in [0.5, 0.6) is 0 Å². The molecule has 0 radical (unpaired) electrons. The molecule has 0 bridgehead atoms. The zero-order valence-corrected chi connectivity index (χ0v) is 16.1. The van der Waals surface area contributed by atoms with Crippen LogP contribution in [0.2, 0.25) is 5.02 Å². The predicted molar refractivity (Wildman–Crippen MR) is 106 cm³/mol.